The van der Waals surface area contributed by atoms with Gasteiger partial charge in [-0.15, -0.1) is 0 Å². The van der Waals surface area contributed by atoms with Crippen LogP contribution in [0.5, 0.6) is 0 Å². The summed E-state index contributed by atoms with van der Waals surface area (Å²) in [5, 5.41) is 1.02. The molecule has 0 spiro atoms. The summed E-state index contributed by atoms with van der Waals surface area (Å²) in [5.41, 5.74) is 10.3. The van der Waals surface area contributed by atoms with Crippen molar-refractivity contribution >= 4 is 39.6 Å². The highest BCUT2D eigenvalue weighted by Crippen LogP contribution is 2.29. The number of carbonyl (C=O) groups excluding carboxylic acids is 2. The minimum atomic E-state index is -0.395. The standard InChI is InChI=1S/C34H44N6O4/c1-5-6-15-29-37-31-32(27-13-7-8-14-28(27)36-33(31)35)40(29)17-10-16-39(21-25-11-9-12-26(18-25)34(42)43-4)30(41)22-38-19-23(2)44-24(3)20-38/h7-9,11-14,18,23-24H,5-6,10,15-17,19-22H2,1-4H3,(H2,35,36)/t23-,24+. The SMILES string of the molecule is CCCCc1nc2c(N)nc3ccccc3c2n1CCCN(Cc1cccc(C(=O)OC)c1)C(=O)CN1C[C@@H](C)O[C@@H](C)C1. The summed E-state index contributed by atoms with van der Waals surface area (Å²) in [6, 6.07) is 15.3. The molecule has 1 saturated heterocycles. The quantitative estimate of drug-likeness (QED) is 0.230. The summed E-state index contributed by atoms with van der Waals surface area (Å²) in [4.78, 5) is 39.7. The van der Waals surface area contributed by atoms with E-state index in [1.807, 2.05) is 49.1 Å². The number of para-hydroxylation sites is 1. The first kappa shape index (κ1) is 31.4. The Balaban J connectivity index is 1.41. The van der Waals surface area contributed by atoms with Gasteiger partial charge in [0.25, 0.3) is 0 Å². The molecule has 2 atom stereocenters. The Labute approximate surface area is 259 Å². The summed E-state index contributed by atoms with van der Waals surface area (Å²) in [5.74, 6) is 1.09. The van der Waals surface area contributed by atoms with Crippen molar-refractivity contribution in [1.82, 2.24) is 24.3 Å². The van der Waals surface area contributed by atoms with Gasteiger partial charge in [-0.3, -0.25) is 9.69 Å². The summed E-state index contributed by atoms with van der Waals surface area (Å²) >= 11 is 0. The van der Waals surface area contributed by atoms with Crippen LogP contribution < -0.4 is 5.73 Å². The smallest absolute Gasteiger partial charge is 0.337 e. The summed E-state index contributed by atoms with van der Waals surface area (Å²) in [6.07, 6.45) is 3.79. The second kappa shape index (κ2) is 14.2. The Hall–Kier alpha value is -4.02. The number of ether oxygens (including phenoxy) is 2. The number of aromatic nitrogens is 3. The lowest BCUT2D eigenvalue weighted by Gasteiger charge is -2.36. The molecule has 2 aromatic heterocycles. The summed E-state index contributed by atoms with van der Waals surface area (Å²) in [6.45, 7) is 9.62. The fourth-order valence-electron chi connectivity index (χ4n) is 6.22. The van der Waals surface area contributed by atoms with Crippen molar-refractivity contribution < 1.29 is 19.1 Å². The van der Waals surface area contributed by atoms with Crippen LogP contribution in [-0.2, 0) is 33.8 Å². The fourth-order valence-corrected chi connectivity index (χ4v) is 6.22. The van der Waals surface area contributed by atoms with Crippen molar-refractivity contribution in [2.24, 2.45) is 0 Å². The molecule has 2 N–H and O–H groups in total. The number of unbranched alkanes of at least 4 members (excludes halogenated alkanes) is 1. The zero-order valence-electron chi connectivity index (χ0n) is 26.3. The maximum absolute atomic E-state index is 13.8. The molecule has 0 unspecified atom stereocenters. The normalized spacial score (nSPS) is 17.3. The first-order valence-corrected chi connectivity index (χ1v) is 15.6. The third kappa shape index (κ3) is 7.19. The van der Waals surface area contributed by atoms with Gasteiger partial charge in [-0.1, -0.05) is 43.7 Å². The second-order valence-electron chi connectivity index (χ2n) is 11.8. The number of pyridine rings is 1. The maximum atomic E-state index is 13.8. The molecule has 0 radical (unpaired) electrons. The van der Waals surface area contributed by atoms with E-state index in [0.29, 0.717) is 50.6 Å². The number of anilines is 1. The molecular weight excluding hydrogens is 556 g/mol. The third-order valence-corrected chi connectivity index (χ3v) is 8.18. The van der Waals surface area contributed by atoms with Crippen molar-refractivity contribution in [2.45, 2.75) is 71.8 Å². The average molecular weight is 601 g/mol. The number of amides is 1. The van der Waals surface area contributed by atoms with Crippen LogP contribution in [0.4, 0.5) is 5.82 Å². The van der Waals surface area contributed by atoms with Crippen LogP contribution in [0.1, 0.15) is 61.8 Å². The van der Waals surface area contributed by atoms with Crippen molar-refractivity contribution in [1.29, 1.82) is 0 Å². The van der Waals surface area contributed by atoms with Gasteiger partial charge in [-0.25, -0.2) is 14.8 Å². The number of morpholine rings is 1. The highest BCUT2D eigenvalue weighted by atomic mass is 16.5. The Morgan fingerprint density at radius 1 is 1.07 bits per heavy atom. The van der Waals surface area contributed by atoms with Crippen molar-refractivity contribution in [3.8, 4) is 0 Å². The highest BCUT2D eigenvalue weighted by Gasteiger charge is 2.26. The van der Waals surface area contributed by atoms with E-state index in [0.717, 1.165) is 59.0 Å². The van der Waals surface area contributed by atoms with Crippen LogP contribution in [0.3, 0.4) is 0 Å². The zero-order chi connectivity index (χ0) is 31.2. The number of methoxy groups -OCH3 is 1. The minimum absolute atomic E-state index is 0.0513. The molecule has 5 rings (SSSR count). The number of hydrogen-bond acceptors (Lipinski definition) is 8. The van der Waals surface area contributed by atoms with E-state index in [1.165, 1.54) is 7.11 Å². The van der Waals surface area contributed by atoms with E-state index in [1.54, 1.807) is 12.1 Å². The largest absolute Gasteiger partial charge is 0.465 e. The average Bonchev–Trinajstić information content (AvgIpc) is 3.37. The number of fused-ring (bicyclic) bond motifs is 3. The topological polar surface area (TPSA) is 116 Å². The zero-order valence-corrected chi connectivity index (χ0v) is 26.3. The van der Waals surface area contributed by atoms with Gasteiger partial charge in [0.15, 0.2) is 5.82 Å². The molecular formula is C34H44N6O4. The molecule has 3 heterocycles. The number of hydrogen-bond donors (Lipinski definition) is 1. The molecule has 1 aliphatic heterocycles. The lowest BCUT2D eigenvalue weighted by molar-refractivity contribution is -0.136. The van der Waals surface area contributed by atoms with Gasteiger partial charge in [-0.2, -0.15) is 0 Å². The number of esters is 1. The van der Waals surface area contributed by atoms with Gasteiger partial charge >= 0.3 is 5.97 Å². The maximum Gasteiger partial charge on any atom is 0.337 e. The van der Waals surface area contributed by atoms with E-state index in [9.17, 15) is 9.59 Å². The Bertz CT molecular complexity index is 1610. The van der Waals surface area contributed by atoms with Crippen molar-refractivity contribution in [2.75, 3.05) is 39.0 Å². The van der Waals surface area contributed by atoms with Crippen LogP contribution in [0.2, 0.25) is 0 Å². The van der Waals surface area contributed by atoms with Crippen LogP contribution in [-0.4, -0.2) is 81.7 Å². The minimum Gasteiger partial charge on any atom is -0.465 e. The van der Waals surface area contributed by atoms with E-state index >= 15 is 0 Å². The van der Waals surface area contributed by atoms with E-state index in [-0.39, 0.29) is 18.1 Å². The number of nitrogens with zero attached hydrogens (tertiary/aromatic N) is 5. The van der Waals surface area contributed by atoms with Gasteiger partial charge < -0.3 is 24.7 Å². The van der Waals surface area contributed by atoms with E-state index in [4.69, 9.17) is 20.2 Å². The molecule has 10 nitrogen and oxygen atoms in total. The number of imidazole rings is 1. The number of rotatable bonds is 12. The molecule has 2 aromatic carbocycles. The first-order valence-electron chi connectivity index (χ1n) is 15.6. The van der Waals surface area contributed by atoms with Crippen molar-refractivity contribution in [3.05, 3.63) is 65.5 Å². The molecule has 44 heavy (non-hydrogen) atoms. The Morgan fingerprint density at radius 2 is 1.84 bits per heavy atom. The number of nitrogen functional groups attached to an aromatic ring is 1. The number of aryl methyl sites for hydroxylation is 2. The predicted octanol–water partition coefficient (Wildman–Crippen LogP) is 4.82. The third-order valence-electron chi connectivity index (χ3n) is 8.18. The lowest BCUT2D eigenvalue weighted by atomic mass is 10.1. The number of carbonyl (C=O) groups is 2. The molecule has 234 valence electrons. The van der Waals surface area contributed by atoms with Gasteiger partial charge in [0.2, 0.25) is 5.91 Å². The molecule has 1 amide bonds. The van der Waals surface area contributed by atoms with Gasteiger partial charge in [0, 0.05) is 44.5 Å². The number of benzene rings is 2. The second-order valence-corrected chi connectivity index (χ2v) is 11.8. The monoisotopic (exact) mass is 600 g/mol. The van der Waals surface area contributed by atoms with Gasteiger partial charge in [0.05, 0.1) is 42.5 Å². The van der Waals surface area contributed by atoms with Crippen LogP contribution in [0.25, 0.3) is 21.9 Å². The molecule has 4 aromatic rings. The van der Waals surface area contributed by atoms with Crippen LogP contribution in [0.15, 0.2) is 48.5 Å². The fraction of sp³-hybridized carbons (Fsp3) is 0.471. The Morgan fingerprint density at radius 3 is 2.59 bits per heavy atom. The number of nitrogens with two attached hydrogens (primary N) is 1. The molecule has 0 saturated carbocycles. The molecule has 1 aliphatic rings. The predicted molar refractivity (Wildman–Crippen MR) is 172 cm³/mol. The van der Waals surface area contributed by atoms with E-state index in [2.05, 4.69) is 27.4 Å². The summed E-state index contributed by atoms with van der Waals surface area (Å²) < 4.78 is 13.1. The first-order chi connectivity index (χ1) is 21.3. The molecule has 0 bridgehead atoms. The van der Waals surface area contributed by atoms with Crippen LogP contribution in [0, 0.1) is 0 Å². The van der Waals surface area contributed by atoms with Crippen molar-refractivity contribution in [3.63, 3.8) is 0 Å². The molecule has 0 aliphatic carbocycles. The summed E-state index contributed by atoms with van der Waals surface area (Å²) in [7, 11) is 1.37. The van der Waals surface area contributed by atoms with Gasteiger partial charge in [0.1, 0.15) is 11.3 Å². The van der Waals surface area contributed by atoms with Gasteiger partial charge in [-0.05, 0) is 50.5 Å². The molecule has 10 heteroatoms. The van der Waals surface area contributed by atoms with E-state index < -0.39 is 5.97 Å². The Kier molecular flexibility index (Phi) is 10.1. The molecule has 1 fully saturated rings. The lowest BCUT2D eigenvalue weighted by Crippen LogP contribution is -2.49. The highest BCUT2D eigenvalue weighted by molar-refractivity contribution is 6.06. The van der Waals surface area contributed by atoms with Crippen LogP contribution >= 0.6 is 0 Å².